The van der Waals surface area contributed by atoms with Crippen molar-refractivity contribution in [3.8, 4) is 0 Å². The quantitative estimate of drug-likeness (QED) is 0.616. The van der Waals surface area contributed by atoms with Crippen LogP contribution in [0.5, 0.6) is 0 Å². The zero-order valence-electron chi connectivity index (χ0n) is 10.5. The van der Waals surface area contributed by atoms with Gasteiger partial charge in [0.1, 0.15) is 16.2 Å². The van der Waals surface area contributed by atoms with Crippen molar-refractivity contribution in [3.63, 3.8) is 0 Å². The first-order valence-corrected chi connectivity index (χ1v) is 5.50. The van der Waals surface area contributed by atoms with E-state index < -0.39 is 16.4 Å². The summed E-state index contributed by atoms with van der Waals surface area (Å²) in [4.78, 5) is 22.7. The fourth-order valence-electron chi connectivity index (χ4n) is 1.58. The standard InChI is InChI=1S/C11H16N2O5/c1-4-12(11(2,3)10(14)15)7-8-5-6-9(18-8)13(16)17/h5-6H,4,7H2,1-3H3,(H,14,15). The molecular formula is C11H16N2O5. The summed E-state index contributed by atoms with van der Waals surface area (Å²) in [6.07, 6.45) is 0. The van der Waals surface area contributed by atoms with Crippen molar-refractivity contribution in [1.82, 2.24) is 4.90 Å². The Labute approximate surface area is 104 Å². The highest BCUT2D eigenvalue weighted by Crippen LogP contribution is 2.21. The van der Waals surface area contributed by atoms with Crippen LogP contribution in [-0.4, -0.2) is 33.0 Å². The van der Waals surface area contributed by atoms with E-state index >= 15 is 0 Å². The van der Waals surface area contributed by atoms with Crippen molar-refractivity contribution in [2.75, 3.05) is 6.54 Å². The molecule has 0 saturated heterocycles. The molecule has 0 aliphatic rings. The van der Waals surface area contributed by atoms with Gasteiger partial charge in [-0.1, -0.05) is 6.92 Å². The largest absolute Gasteiger partial charge is 0.480 e. The molecule has 7 nitrogen and oxygen atoms in total. The Morgan fingerprint density at radius 1 is 1.56 bits per heavy atom. The molecule has 0 aromatic carbocycles. The number of nitro groups is 1. The summed E-state index contributed by atoms with van der Waals surface area (Å²) in [6, 6.07) is 2.75. The minimum Gasteiger partial charge on any atom is -0.480 e. The fraction of sp³-hybridized carbons (Fsp3) is 0.545. The average Bonchev–Trinajstić information content (AvgIpc) is 2.73. The van der Waals surface area contributed by atoms with Crippen LogP contribution in [-0.2, 0) is 11.3 Å². The normalized spacial score (nSPS) is 11.8. The van der Waals surface area contributed by atoms with Gasteiger partial charge >= 0.3 is 11.9 Å². The molecule has 0 fully saturated rings. The Balaban J connectivity index is 2.86. The monoisotopic (exact) mass is 256 g/mol. The maximum Gasteiger partial charge on any atom is 0.433 e. The zero-order valence-corrected chi connectivity index (χ0v) is 10.5. The number of carboxylic acid groups (broad SMARTS) is 1. The van der Waals surface area contributed by atoms with Crippen molar-refractivity contribution in [3.05, 3.63) is 28.0 Å². The second-order valence-electron chi connectivity index (χ2n) is 4.38. The van der Waals surface area contributed by atoms with Crippen LogP contribution in [0.25, 0.3) is 0 Å². The molecule has 1 N–H and O–H groups in total. The van der Waals surface area contributed by atoms with Gasteiger partial charge in [-0.25, -0.2) is 0 Å². The first-order valence-electron chi connectivity index (χ1n) is 5.50. The topological polar surface area (TPSA) is 96.8 Å². The maximum absolute atomic E-state index is 11.1. The minimum absolute atomic E-state index is 0.212. The van der Waals surface area contributed by atoms with Gasteiger partial charge in [-0.2, -0.15) is 0 Å². The Kier molecular flexibility index (Phi) is 4.07. The Bertz CT molecular complexity index is 452. The van der Waals surface area contributed by atoms with Gasteiger partial charge in [-0.3, -0.25) is 19.8 Å². The maximum atomic E-state index is 11.1. The van der Waals surface area contributed by atoms with Gasteiger partial charge in [-0.15, -0.1) is 0 Å². The van der Waals surface area contributed by atoms with Crippen LogP contribution in [0.2, 0.25) is 0 Å². The molecule has 18 heavy (non-hydrogen) atoms. The molecule has 0 radical (unpaired) electrons. The van der Waals surface area contributed by atoms with E-state index in [9.17, 15) is 14.9 Å². The smallest absolute Gasteiger partial charge is 0.433 e. The number of rotatable bonds is 6. The third kappa shape index (κ3) is 2.86. The van der Waals surface area contributed by atoms with Crippen LogP contribution in [0.4, 0.5) is 5.88 Å². The second kappa shape index (κ2) is 5.18. The average molecular weight is 256 g/mol. The van der Waals surface area contributed by atoms with Gasteiger partial charge in [0.25, 0.3) is 0 Å². The number of carbonyl (C=O) groups is 1. The predicted octanol–water partition coefficient (Wildman–Crippen LogP) is 1.87. The molecule has 0 atom stereocenters. The van der Waals surface area contributed by atoms with E-state index in [0.717, 1.165) is 0 Å². The molecule has 1 aromatic rings. The fourth-order valence-corrected chi connectivity index (χ4v) is 1.58. The Hall–Kier alpha value is -1.89. The molecule has 0 spiro atoms. The van der Waals surface area contributed by atoms with Crippen LogP contribution in [0.1, 0.15) is 26.5 Å². The molecule has 0 bridgehead atoms. The summed E-state index contributed by atoms with van der Waals surface area (Å²) >= 11 is 0. The van der Waals surface area contributed by atoms with E-state index in [0.29, 0.717) is 12.3 Å². The summed E-state index contributed by atoms with van der Waals surface area (Å²) in [5, 5.41) is 19.6. The molecular weight excluding hydrogens is 240 g/mol. The lowest BCUT2D eigenvalue weighted by molar-refractivity contribution is -0.402. The molecule has 7 heteroatoms. The van der Waals surface area contributed by atoms with Crippen molar-refractivity contribution < 1.29 is 19.2 Å². The highest BCUT2D eigenvalue weighted by Gasteiger charge is 2.34. The van der Waals surface area contributed by atoms with E-state index in [1.807, 2.05) is 6.92 Å². The molecule has 1 rings (SSSR count). The molecule has 0 aliphatic heterocycles. The summed E-state index contributed by atoms with van der Waals surface area (Å²) < 4.78 is 5.02. The van der Waals surface area contributed by atoms with E-state index in [4.69, 9.17) is 9.52 Å². The van der Waals surface area contributed by atoms with E-state index in [1.54, 1.807) is 18.7 Å². The van der Waals surface area contributed by atoms with E-state index in [-0.39, 0.29) is 12.4 Å². The van der Waals surface area contributed by atoms with Crippen molar-refractivity contribution in [2.45, 2.75) is 32.9 Å². The highest BCUT2D eigenvalue weighted by atomic mass is 16.6. The number of aliphatic carboxylic acids is 1. The SMILES string of the molecule is CCN(Cc1ccc([N+](=O)[O-])o1)C(C)(C)C(=O)O. The van der Waals surface area contributed by atoms with Gasteiger partial charge in [0.2, 0.25) is 0 Å². The summed E-state index contributed by atoms with van der Waals surface area (Å²) in [6.45, 7) is 5.69. The van der Waals surface area contributed by atoms with E-state index in [1.165, 1.54) is 12.1 Å². The minimum atomic E-state index is -1.06. The van der Waals surface area contributed by atoms with Crippen LogP contribution in [0.15, 0.2) is 16.5 Å². The van der Waals surface area contributed by atoms with E-state index in [2.05, 4.69) is 0 Å². The van der Waals surface area contributed by atoms with Gasteiger partial charge in [-0.05, 0) is 26.5 Å². The van der Waals surface area contributed by atoms with Gasteiger partial charge in [0.15, 0.2) is 0 Å². The lowest BCUT2D eigenvalue weighted by Crippen LogP contribution is -2.49. The molecule has 0 unspecified atom stereocenters. The Morgan fingerprint density at radius 2 is 2.17 bits per heavy atom. The molecule has 0 saturated carbocycles. The molecule has 1 aromatic heterocycles. The summed E-state index contributed by atoms with van der Waals surface area (Å²) in [7, 11) is 0. The number of likely N-dealkylation sites (N-methyl/N-ethyl adjacent to an activating group) is 1. The molecule has 100 valence electrons. The highest BCUT2D eigenvalue weighted by molar-refractivity contribution is 5.77. The lowest BCUT2D eigenvalue weighted by atomic mass is 10.0. The number of hydrogen-bond acceptors (Lipinski definition) is 5. The van der Waals surface area contributed by atoms with Crippen LogP contribution < -0.4 is 0 Å². The summed E-state index contributed by atoms with van der Waals surface area (Å²) in [5.74, 6) is -0.919. The van der Waals surface area contributed by atoms with Crippen molar-refractivity contribution >= 4 is 11.9 Å². The second-order valence-corrected chi connectivity index (χ2v) is 4.38. The summed E-state index contributed by atoms with van der Waals surface area (Å²) in [5.41, 5.74) is -1.06. The Morgan fingerprint density at radius 3 is 2.56 bits per heavy atom. The van der Waals surface area contributed by atoms with Crippen LogP contribution >= 0.6 is 0 Å². The lowest BCUT2D eigenvalue weighted by Gasteiger charge is -2.33. The third-order valence-electron chi connectivity index (χ3n) is 2.87. The van der Waals surface area contributed by atoms with Crippen LogP contribution in [0, 0.1) is 10.1 Å². The predicted molar refractivity (Wildman–Crippen MR) is 63.2 cm³/mol. The number of nitrogens with zero attached hydrogens (tertiary/aromatic N) is 2. The molecule has 0 aliphatic carbocycles. The number of furan rings is 1. The van der Waals surface area contributed by atoms with Crippen molar-refractivity contribution in [1.29, 1.82) is 0 Å². The molecule has 0 amide bonds. The number of carboxylic acids is 1. The molecule has 1 heterocycles. The van der Waals surface area contributed by atoms with Gasteiger partial charge < -0.3 is 9.52 Å². The first kappa shape index (κ1) is 14.2. The first-order chi connectivity index (χ1) is 8.28. The zero-order chi connectivity index (χ0) is 13.9. The third-order valence-corrected chi connectivity index (χ3v) is 2.87. The van der Waals surface area contributed by atoms with Crippen molar-refractivity contribution in [2.24, 2.45) is 0 Å². The van der Waals surface area contributed by atoms with Crippen LogP contribution in [0.3, 0.4) is 0 Å². The van der Waals surface area contributed by atoms with Gasteiger partial charge in [0, 0.05) is 0 Å². The van der Waals surface area contributed by atoms with Gasteiger partial charge in [0.05, 0.1) is 12.6 Å². The number of hydrogen-bond donors (Lipinski definition) is 1.